The lowest BCUT2D eigenvalue weighted by atomic mass is 10.1. The molecule has 0 heterocycles. The second kappa shape index (κ2) is 12.3. The van der Waals surface area contributed by atoms with E-state index in [0.29, 0.717) is 34.8 Å². The van der Waals surface area contributed by atoms with Crippen LogP contribution in [0.15, 0.2) is 72.3 Å². The smallest absolute Gasteiger partial charge is 0.262 e. The van der Waals surface area contributed by atoms with Crippen LogP contribution >= 0.6 is 11.6 Å². The minimum atomic E-state index is -0.494. The van der Waals surface area contributed by atoms with E-state index in [1.807, 2.05) is 56.3 Å². The maximum atomic E-state index is 12.7. The molecule has 0 aliphatic carbocycles. The first-order valence-corrected chi connectivity index (χ1v) is 11.4. The van der Waals surface area contributed by atoms with Crippen LogP contribution in [0.3, 0.4) is 0 Å². The van der Waals surface area contributed by atoms with Crippen molar-refractivity contribution in [2.24, 2.45) is 0 Å². The fourth-order valence-electron chi connectivity index (χ4n) is 3.39. The minimum absolute atomic E-state index is 0.0667. The van der Waals surface area contributed by atoms with Crippen molar-refractivity contribution in [3.8, 4) is 23.6 Å². The molecule has 1 N–H and O–H groups in total. The van der Waals surface area contributed by atoms with Gasteiger partial charge < -0.3 is 14.8 Å². The van der Waals surface area contributed by atoms with E-state index in [-0.39, 0.29) is 23.2 Å². The zero-order valence-corrected chi connectivity index (χ0v) is 20.2. The third kappa shape index (κ3) is 6.63. The van der Waals surface area contributed by atoms with Gasteiger partial charge in [-0.15, -0.1) is 0 Å². The highest BCUT2D eigenvalue weighted by Gasteiger charge is 2.17. The van der Waals surface area contributed by atoms with Gasteiger partial charge in [0.05, 0.1) is 29.3 Å². The van der Waals surface area contributed by atoms with Gasteiger partial charge in [0.1, 0.15) is 18.2 Å². The molecule has 6 nitrogen and oxygen atoms in total. The average Bonchev–Trinajstić information content (AvgIpc) is 2.87. The summed E-state index contributed by atoms with van der Waals surface area (Å²) in [5, 5.41) is 22.0. The van der Waals surface area contributed by atoms with E-state index in [9.17, 15) is 15.3 Å². The molecule has 0 radical (unpaired) electrons. The Balaban J connectivity index is 1.84. The highest BCUT2D eigenvalue weighted by Crippen LogP contribution is 2.38. The summed E-state index contributed by atoms with van der Waals surface area (Å²) >= 11 is 6.50. The summed E-state index contributed by atoms with van der Waals surface area (Å²) in [4.78, 5) is 12.7. The number of ether oxygens (including phenoxy) is 2. The highest BCUT2D eigenvalue weighted by atomic mass is 35.5. The Kier molecular flexibility index (Phi) is 8.89. The zero-order chi connectivity index (χ0) is 25.2. The predicted octanol–water partition coefficient (Wildman–Crippen LogP) is 5.97. The predicted molar refractivity (Wildman–Crippen MR) is 135 cm³/mol. The van der Waals surface area contributed by atoms with Crippen LogP contribution in [-0.2, 0) is 11.4 Å². The van der Waals surface area contributed by atoms with Gasteiger partial charge in [0, 0.05) is 5.56 Å². The van der Waals surface area contributed by atoms with Crippen molar-refractivity contribution in [1.29, 1.82) is 10.5 Å². The zero-order valence-electron chi connectivity index (χ0n) is 19.4. The van der Waals surface area contributed by atoms with E-state index >= 15 is 0 Å². The topological polar surface area (TPSA) is 95.1 Å². The third-order valence-electron chi connectivity index (χ3n) is 5.16. The first kappa shape index (κ1) is 25.4. The molecule has 0 spiro atoms. The van der Waals surface area contributed by atoms with Crippen LogP contribution in [-0.4, -0.2) is 12.5 Å². The highest BCUT2D eigenvalue weighted by molar-refractivity contribution is 6.32. The van der Waals surface area contributed by atoms with Crippen LogP contribution in [0.25, 0.3) is 6.08 Å². The third-order valence-corrected chi connectivity index (χ3v) is 5.45. The van der Waals surface area contributed by atoms with E-state index < -0.39 is 5.91 Å². The van der Waals surface area contributed by atoms with Gasteiger partial charge in [-0.05, 0) is 49.2 Å². The maximum Gasteiger partial charge on any atom is 0.262 e. The summed E-state index contributed by atoms with van der Waals surface area (Å²) in [5.41, 5.74) is 2.61. The lowest BCUT2D eigenvalue weighted by Gasteiger charge is -2.16. The summed E-state index contributed by atoms with van der Waals surface area (Å²) in [6, 6.07) is 23.7. The maximum absolute atomic E-state index is 12.7. The van der Waals surface area contributed by atoms with Crippen LogP contribution in [0.4, 0.5) is 0 Å². The molecule has 3 aromatic carbocycles. The van der Waals surface area contributed by atoms with Crippen molar-refractivity contribution in [1.82, 2.24) is 5.32 Å². The fraction of sp³-hybridized carbons (Fsp3) is 0.179. The number of nitrogens with zero attached hydrogens (tertiary/aromatic N) is 2. The van der Waals surface area contributed by atoms with Gasteiger partial charge in [-0.3, -0.25) is 4.79 Å². The van der Waals surface area contributed by atoms with Crippen LogP contribution in [0, 0.1) is 22.7 Å². The molecule has 0 saturated carbocycles. The van der Waals surface area contributed by atoms with Crippen molar-refractivity contribution >= 4 is 23.6 Å². The first-order chi connectivity index (χ1) is 17.0. The molecule has 3 rings (SSSR count). The summed E-state index contributed by atoms with van der Waals surface area (Å²) in [7, 11) is 0. The second-order valence-electron chi connectivity index (χ2n) is 7.60. The van der Waals surface area contributed by atoms with Crippen molar-refractivity contribution in [3.05, 3.63) is 99.6 Å². The summed E-state index contributed by atoms with van der Waals surface area (Å²) in [5.74, 6) is 0.196. The van der Waals surface area contributed by atoms with E-state index in [1.54, 1.807) is 30.3 Å². The molecular formula is C28H24ClN3O3. The van der Waals surface area contributed by atoms with Crippen LogP contribution in [0.5, 0.6) is 11.5 Å². The Hall–Kier alpha value is -4.26. The largest absolute Gasteiger partial charge is 0.490 e. The van der Waals surface area contributed by atoms with Gasteiger partial charge in [0.2, 0.25) is 0 Å². The molecule has 0 unspecified atom stereocenters. The number of amides is 1. The Bertz CT molecular complexity index is 1310. The molecule has 0 bridgehead atoms. The van der Waals surface area contributed by atoms with Crippen molar-refractivity contribution < 1.29 is 14.3 Å². The Labute approximate surface area is 210 Å². The normalized spacial score (nSPS) is 11.6. The van der Waals surface area contributed by atoms with Crippen molar-refractivity contribution in [3.63, 3.8) is 0 Å². The summed E-state index contributed by atoms with van der Waals surface area (Å²) in [6.07, 6.45) is 1.45. The molecule has 7 heteroatoms. The molecule has 35 heavy (non-hydrogen) atoms. The molecule has 0 aliphatic rings. The number of carbonyl (C=O) groups excluding carboxylic acids is 1. The van der Waals surface area contributed by atoms with Crippen molar-refractivity contribution in [2.75, 3.05) is 6.61 Å². The number of nitrogens with one attached hydrogen (secondary N) is 1. The average molecular weight is 486 g/mol. The Morgan fingerprint density at radius 1 is 1.09 bits per heavy atom. The molecule has 1 atom stereocenters. The molecule has 0 saturated heterocycles. The van der Waals surface area contributed by atoms with Gasteiger partial charge in [-0.1, -0.05) is 60.1 Å². The van der Waals surface area contributed by atoms with Crippen LogP contribution in [0.2, 0.25) is 5.02 Å². The van der Waals surface area contributed by atoms with E-state index in [0.717, 1.165) is 5.56 Å². The Morgan fingerprint density at radius 3 is 2.49 bits per heavy atom. The quantitative estimate of drug-likeness (QED) is 0.297. The van der Waals surface area contributed by atoms with Gasteiger partial charge >= 0.3 is 0 Å². The van der Waals surface area contributed by atoms with Crippen LogP contribution < -0.4 is 14.8 Å². The summed E-state index contributed by atoms with van der Waals surface area (Å²) < 4.78 is 11.6. The van der Waals surface area contributed by atoms with Gasteiger partial charge in [-0.2, -0.15) is 10.5 Å². The van der Waals surface area contributed by atoms with E-state index in [2.05, 4.69) is 11.4 Å². The molecule has 176 valence electrons. The number of halogens is 1. The fourth-order valence-corrected chi connectivity index (χ4v) is 3.67. The number of hydrogen-bond acceptors (Lipinski definition) is 5. The van der Waals surface area contributed by atoms with Crippen LogP contribution in [0.1, 0.15) is 42.1 Å². The Morgan fingerprint density at radius 2 is 1.80 bits per heavy atom. The molecular weight excluding hydrogens is 462 g/mol. The molecule has 0 fully saturated rings. The van der Waals surface area contributed by atoms with E-state index in [1.165, 1.54) is 6.08 Å². The number of hydrogen-bond donors (Lipinski definition) is 1. The standard InChI is InChI=1S/C28H24ClN3O3/c1-3-34-26-15-20(13-24(17-31)28(33)32-19(2)21-9-5-4-6-10-21)14-25(29)27(26)35-18-23-12-8-7-11-22(23)16-30/h4-15,19H,3,18H2,1-2H3,(H,32,33)/b24-13-/t19-/m0/s1. The molecule has 3 aromatic rings. The lowest BCUT2D eigenvalue weighted by molar-refractivity contribution is -0.117. The molecule has 1 amide bonds. The number of rotatable bonds is 9. The lowest BCUT2D eigenvalue weighted by Crippen LogP contribution is -2.27. The second-order valence-corrected chi connectivity index (χ2v) is 8.00. The van der Waals surface area contributed by atoms with Gasteiger partial charge in [0.15, 0.2) is 11.5 Å². The molecule has 0 aromatic heterocycles. The SMILES string of the molecule is CCOc1cc(/C=C(/C#N)C(=O)N[C@@H](C)c2ccccc2)cc(Cl)c1OCc1ccccc1C#N. The number of carbonyl (C=O) groups is 1. The van der Waals surface area contributed by atoms with Crippen molar-refractivity contribution in [2.45, 2.75) is 26.5 Å². The number of benzene rings is 3. The minimum Gasteiger partial charge on any atom is -0.490 e. The first-order valence-electron chi connectivity index (χ1n) is 11.0. The molecule has 0 aliphatic heterocycles. The van der Waals surface area contributed by atoms with E-state index in [4.69, 9.17) is 21.1 Å². The van der Waals surface area contributed by atoms with Gasteiger partial charge in [-0.25, -0.2) is 0 Å². The monoisotopic (exact) mass is 485 g/mol. The summed E-state index contributed by atoms with van der Waals surface area (Å²) in [6.45, 7) is 4.16. The van der Waals surface area contributed by atoms with Gasteiger partial charge in [0.25, 0.3) is 5.91 Å². The number of nitriles is 2.